The van der Waals surface area contributed by atoms with Gasteiger partial charge in [0.05, 0.1) is 9.61 Å². The highest BCUT2D eigenvalue weighted by molar-refractivity contribution is 14.1. The number of benzene rings is 1. The van der Waals surface area contributed by atoms with Crippen molar-refractivity contribution in [2.45, 2.75) is 6.04 Å². The predicted octanol–water partition coefficient (Wildman–Crippen LogP) is 1.82. The highest BCUT2D eigenvalue weighted by atomic mass is 127. The monoisotopic (exact) mass is 279 g/mol. The number of hydrogen-bond donors (Lipinski definition) is 1. The van der Waals surface area contributed by atoms with Crippen molar-refractivity contribution in [3.05, 3.63) is 27.1 Å². The first-order chi connectivity index (χ1) is 5.68. The Kier molecular flexibility index (Phi) is 1.96. The highest BCUT2D eigenvalue weighted by Crippen LogP contribution is 2.35. The van der Waals surface area contributed by atoms with Crippen LogP contribution in [0.25, 0.3) is 0 Å². The van der Waals surface area contributed by atoms with Crippen LogP contribution >= 0.6 is 22.6 Å². The number of nitrogens with two attached hydrogens (primary N) is 1. The fraction of sp³-hybridized carbons (Fsp3) is 0.250. The molecule has 1 aliphatic rings. The summed E-state index contributed by atoms with van der Waals surface area (Å²) >= 11 is 2.04. The van der Waals surface area contributed by atoms with Crippen LogP contribution in [0.1, 0.15) is 11.6 Å². The molecule has 0 bridgehead atoms. The van der Waals surface area contributed by atoms with Crippen LogP contribution in [0.4, 0.5) is 4.39 Å². The van der Waals surface area contributed by atoms with E-state index < -0.39 is 0 Å². The summed E-state index contributed by atoms with van der Waals surface area (Å²) in [5, 5.41) is 0. The van der Waals surface area contributed by atoms with E-state index in [4.69, 9.17) is 10.5 Å². The molecule has 0 fully saturated rings. The molecule has 1 aromatic carbocycles. The first kappa shape index (κ1) is 8.25. The van der Waals surface area contributed by atoms with E-state index in [1.165, 1.54) is 12.1 Å². The Morgan fingerprint density at radius 2 is 2.33 bits per heavy atom. The molecule has 1 heterocycles. The van der Waals surface area contributed by atoms with E-state index in [-0.39, 0.29) is 11.9 Å². The van der Waals surface area contributed by atoms with Crippen LogP contribution in [0.2, 0.25) is 0 Å². The van der Waals surface area contributed by atoms with Gasteiger partial charge in [-0.15, -0.1) is 0 Å². The summed E-state index contributed by atoms with van der Waals surface area (Å²) in [5.74, 6) is 0.489. The van der Waals surface area contributed by atoms with E-state index in [0.717, 1.165) is 14.9 Å². The second-order valence-corrected chi connectivity index (χ2v) is 3.89. The molecule has 1 atom stereocenters. The third kappa shape index (κ3) is 1.19. The summed E-state index contributed by atoms with van der Waals surface area (Å²) in [7, 11) is 0. The average Bonchev–Trinajstić information content (AvgIpc) is 2.33. The zero-order valence-corrected chi connectivity index (χ0v) is 8.34. The fourth-order valence-corrected chi connectivity index (χ4v) is 2.04. The molecule has 0 aliphatic carbocycles. The number of fused-ring (bicyclic) bond motifs is 1. The van der Waals surface area contributed by atoms with Crippen LogP contribution in [0.3, 0.4) is 0 Å². The van der Waals surface area contributed by atoms with Crippen molar-refractivity contribution in [1.29, 1.82) is 0 Å². The van der Waals surface area contributed by atoms with Crippen LogP contribution in [-0.2, 0) is 0 Å². The van der Waals surface area contributed by atoms with Crippen molar-refractivity contribution >= 4 is 22.6 Å². The molecule has 12 heavy (non-hydrogen) atoms. The van der Waals surface area contributed by atoms with Gasteiger partial charge >= 0.3 is 0 Å². The summed E-state index contributed by atoms with van der Waals surface area (Å²) in [6, 6.07) is 2.70. The topological polar surface area (TPSA) is 35.2 Å². The van der Waals surface area contributed by atoms with E-state index in [2.05, 4.69) is 0 Å². The van der Waals surface area contributed by atoms with E-state index in [9.17, 15) is 4.39 Å². The van der Waals surface area contributed by atoms with Gasteiger partial charge < -0.3 is 10.5 Å². The minimum absolute atomic E-state index is 0.177. The number of hydrogen-bond acceptors (Lipinski definition) is 2. The van der Waals surface area contributed by atoms with Gasteiger partial charge in [-0.05, 0) is 34.7 Å². The van der Waals surface area contributed by atoms with Crippen LogP contribution in [0, 0.1) is 9.39 Å². The lowest BCUT2D eigenvalue weighted by atomic mass is 10.1. The molecular weight excluding hydrogens is 272 g/mol. The molecule has 2 nitrogen and oxygen atoms in total. The number of halogens is 2. The minimum Gasteiger partial charge on any atom is -0.490 e. The summed E-state index contributed by atoms with van der Waals surface area (Å²) < 4.78 is 19.0. The van der Waals surface area contributed by atoms with Gasteiger partial charge in [-0.1, -0.05) is 0 Å². The number of ether oxygens (including phenoxy) is 1. The molecule has 0 spiro atoms. The Morgan fingerprint density at radius 3 is 3.08 bits per heavy atom. The van der Waals surface area contributed by atoms with E-state index in [0.29, 0.717) is 6.61 Å². The second kappa shape index (κ2) is 2.85. The normalized spacial score (nSPS) is 20.4. The first-order valence-electron chi connectivity index (χ1n) is 3.56. The van der Waals surface area contributed by atoms with E-state index >= 15 is 0 Å². The Bertz CT molecular complexity index is 329. The zero-order chi connectivity index (χ0) is 8.72. The lowest BCUT2D eigenvalue weighted by Crippen LogP contribution is -2.10. The standard InChI is InChI=1S/C8H7FINO/c9-4-1-5-7(11)3-12-8(5)6(10)2-4/h1-2,7H,3,11H2/t7-/m0/s1. The molecule has 0 radical (unpaired) electrons. The molecule has 2 rings (SSSR count). The zero-order valence-electron chi connectivity index (χ0n) is 6.18. The van der Waals surface area contributed by atoms with Crippen LogP contribution < -0.4 is 10.5 Å². The van der Waals surface area contributed by atoms with E-state index in [1.807, 2.05) is 22.6 Å². The van der Waals surface area contributed by atoms with Gasteiger partial charge in [0.1, 0.15) is 18.2 Å². The van der Waals surface area contributed by atoms with Gasteiger partial charge in [0.2, 0.25) is 0 Å². The molecule has 0 saturated carbocycles. The molecule has 0 unspecified atom stereocenters. The Balaban J connectivity index is 2.60. The van der Waals surface area contributed by atoms with E-state index in [1.54, 1.807) is 0 Å². The lowest BCUT2D eigenvalue weighted by Gasteiger charge is -2.02. The Labute approximate surface area is 83.0 Å². The fourth-order valence-electron chi connectivity index (χ4n) is 1.27. The van der Waals surface area contributed by atoms with Crippen molar-refractivity contribution in [2.24, 2.45) is 5.73 Å². The Morgan fingerprint density at radius 1 is 1.58 bits per heavy atom. The maximum absolute atomic E-state index is 12.9. The van der Waals surface area contributed by atoms with Crippen LogP contribution in [0.5, 0.6) is 5.75 Å². The maximum atomic E-state index is 12.9. The van der Waals surface area contributed by atoms with Gasteiger partial charge in [0.15, 0.2) is 0 Å². The largest absolute Gasteiger partial charge is 0.490 e. The molecule has 2 N–H and O–H groups in total. The Hall–Kier alpha value is -0.360. The quantitative estimate of drug-likeness (QED) is 0.735. The van der Waals surface area contributed by atoms with Gasteiger partial charge in [0, 0.05) is 5.56 Å². The molecule has 64 valence electrons. The lowest BCUT2D eigenvalue weighted by molar-refractivity contribution is 0.331. The second-order valence-electron chi connectivity index (χ2n) is 2.72. The smallest absolute Gasteiger partial charge is 0.137 e. The summed E-state index contributed by atoms with van der Waals surface area (Å²) in [6.45, 7) is 0.453. The van der Waals surface area contributed by atoms with Gasteiger partial charge in [0.25, 0.3) is 0 Å². The third-order valence-corrected chi connectivity index (χ3v) is 2.65. The van der Waals surface area contributed by atoms with Gasteiger partial charge in [-0.2, -0.15) is 0 Å². The van der Waals surface area contributed by atoms with Crippen molar-refractivity contribution in [2.75, 3.05) is 6.61 Å². The predicted molar refractivity (Wildman–Crippen MR) is 51.5 cm³/mol. The van der Waals surface area contributed by atoms with Crippen molar-refractivity contribution in [1.82, 2.24) is 0 Å². The minimum atomic E-state index is -0.251. The maximum Gasteiger partial charge on any atom is 0.137 e. The molecule has 1 aliphatic heterocycles. The summed E-state index contributed by atoms with van der Waals surface area (Å²) in [6.07, 6.45) is 0. The highest BCUT2D eigenvalue weighted by Gasteiger charge is 2.23. The molecular formula is C8H7FINO. The molecule has 4 heteroatoms. The SMILES string of the molecule is N[C@H]1COc2c(I)cc(F)cc21. The molecule has 1 aromatic rings. The average molecular weight is 279 g/mol. The van der Waals surface area contributed by atoms with Crippen molar-refractivity contribution < 1.29 is 9.13 Å². The molecule has 0 amide bonds. The summed E-state index contributed by atoms with van der Waals surface area (Å²) in [4.78, 5) is 0. The van der Waals surface area contributed by atoms with Gasteiger partial charge in [-0.25, -0.2) is 4.39 Å². The first-order valence-corrected chi connectivity index (χ1v) is 4.63. The summed E-state index contributed by atoms with van der Waals surface area (Å²) in [5.41, 5.74) is 6.47. The van der Waals surface area contributed by atoms with Crippen LogP contribution in [-0.4, -0.2) is 6.61 Å². The van der Waals surface area contributed by atoms with Crippen molar-refractivity contribution in [3.8, 4) is 5.75 Å². The number of rotatable bonds is 0. The van der Waals surface area contributed by atoms with Crippen LogP contribution in [0.15, 0.2) is 12.1 Å². The van der Waals surface area contributed by atoms with Crippen molar-refractivity contribution in [3.63, 3.8) is 0 Å². The molecule has 0 saturated heterocycles. The third-order valence-electron chi connectivity index (χ3n) is 1.84. The van der Waals surface area contributed by atoms with Gasteiger partial charge in [-0.3, -0.25) is 0 Å². The molecule has 0 aromatic heterocycles.